The Kier molecular flexibility index (Phi) is 4.34. The summed E-state index contributed by atoms with van der Waals surface area (Å²) in [7, 11) is -2.17. The minimum Gasteiger partial charge on any atom is -0.399 e. The van der Waals surface area contributed by atoms with E-state index >= 15 is 0 Å². The maximum atomic E-state index is 12.4. The summed E-state index contributed by atoms with van der Waals surface area (Å²) >= 11 is 0. The molecule has 2 heterocycles. The van der Waals surface area contributed by atoms with E-state index in [0.717, 1.165) is 5.46 Å². The molecule has 25 heavy (non-hydrogen) atoms. The molecule has 0 saturated carbocycles. The van der Waals surface area contributed by atoms with E-state index < -0.39 is 28.2 Å². The van der Waals surface area contributed by atoms with Gasteiger partial charge in [-0.2, -0.15) is 0 Å². The van der Waals surface area contributed by atoms with E-state index in [9.17, 15) is 8.42 Å². The van der Waals surface area contributed by atoms with Crippen LogP contribution in [0.1, 0.15) is 33.3 Å². The van der Waals surface area contributed by atoms with Gasteiger partial charge in [0, 0.05) is 13.2 Å². The highest BCUT2D eigenvalue weighted by molar-refractivity contribution is 7.90. The van der Waals surface area contributed by atoms with Crippen LogP contribution in [-0.2, 0) is 31.9 Å². The van der Waals surface area contributed by atoms with Crippen LogP contribution in [0.2, 0.25) is 0 Å². The third kappa shape index (κ3) is 3.52. The molecule has 1 aliphatic heterocycles. The molecule has 1 aromatic carbocycles. The summed E-state index contributed by atoms with van der Waals surface area (Å²) < 4.78 is 38.4. The second kappa shape index (κ2) is 5.97. The van der Waals surface area contributed by atoms with Crippen molar-refractivity contribution in [3.05, 3.63) is 42.4 Å². The lowest BCUT2D eigenvalue weighted by Crippen LogP contribution is -2.41. The smallest absolute Gasteiger partial charge is 0.399 e. The van der Waals surface area contributed by atoms with Gasteiger partial charge in [0.2, 0.25) is 9.84 Å². The van der Waals surface area contributed by atoms with Crippen molar-refractivity contribution in [1.82, 2.24) is 9.55 Å². The second-order valence-electron chi connectivity index (χ2n) is 7.47. The molecule has 3 rings (SSSR count). The van der Waals surface area contributed by atoms with Crippen LogP contribution < -0.4 is 5.46 Å². The number of benzene rings is 1. The number of sulfone groups is 1. The molecule has 0 aliphatic carbocycles. The van der Waals surface area contributed by atoms with Gasteiger partial charge in [0.05, 0.1) is 23.3 Å². The Morgan fingerprint density at radius 2 is 1.64 bits per heavy atom. The predicted octanol–water partition coefficient (Wildman–Crippen LogP) is 1.69. The molecule has 0 atom stereocenters. The third-order valence-corrected chi connectivity index (χ3v) is 6.42. The number of hydrogen-bond acceptors (Lipinski definition) is 5. The van der Waals surface area contributed by atoms with Gasteiger partial charge in [-0.1, -0.05) is 24.3 Å². The fourth-order valence-electron chi connectivity index (χ4n) is 2.59. The zero-order valence-corrected chi connectivity index (χ0v) is 16.0. The summed E-state index contributed by atoms with van der Waals surface area (Å²) in [6.45, 7) is 8.00. The largest absolute Gasteiger partial charge is 0.494 e. The van der Waals surface area contributed by atoms with Gasteiger partial charge < -0.3 is 13.9 Å². The zero-order chi connectivity index (χ0) is 18.5. The van der Waals surface area contributed by atoms with Gasteiger partial charge >= 0.3 is 7.12 Å². The molecule has 1 aromatic heterocycles. The number of aryl methyl sites for hydroxylation is 1. The highest BCUT2D eigenvalue weighted by atomic mass is 32.2. The first-order valence-corrected chi connectivity index (χ1v) is 9.81. The molecule has 0 radical (unpaired) electrons. The average Bonchev–Trinajstić information content (AvgIpc) is 3.01. The summed E-state index contributed by atoms with van der Waals surface area (Å²) in [5.74, 6) is -0.0896. The highest BCUT2D eigenvalue weighted by Crippen LogP contribution is 2.36. The first-order chi connectivity index (χ1) is 11.5. The van der Waals surface area contributed by atoms with Crippen molar-refractivity contribution in [3.8, 4) is 0 Å². The summed E-state index contributed by atoms with van der Waals surface area (Å²) in [4.78, 5) is 3.93. The van der Waals surface area contributed by atoms with E-state index in [1.807, 2.05) is 39.8 Å². The lowest BCUT2D eigenvalue weighted by atomic mass is 9.79. The monoisotopic (exact) mass is 362 g/mol. The Hall–Kier alpha value is -1.64. The van der Waals surface area contributed by atoms with Crippen LogP contribution >= 0.6 is 0 Å². The van der Waals surface area contributed by atoms with E-state index in [1.165, 1.54) is 12.5 Å². The van der Waals surface area contributed by atoms with Crippen LogP contribution in [0.5, 0.6) is 0 Å². The fraction of sp³-hybridized carbons (Fsp3) is 0.471. The standard InChI is InChI=1S/C17H23BN2O4S/c1-16(2)17(3,4)24-18(23-16)14-8-6-13(7-9-14)11-25(21,22)15-10-20(5)12-19-15/h6-10,12H,11H2,1-5H3. The predicted molar refractivity (Wildman–Crippen MR) is 96.3 cm³/mol. The minimum absolute atomic E-state index is 0.0880. The molecule has 6 nitrogen and oxygen atoms in total. The summed E-state index contributed by atoms with van der Waals surface area (Å²) in [5, 5.41) is 0.0880. The molecule has 8 heteroatoms. The van der Waals surface area contributed by atoms with Crippen LogP contribution in [0.15, 0.2) is 41.8 Å². The summed E-state index contributed by atoms with van der Waals surface area (Å²) in [5.41, 5.74) is 0.765. The first-order valence-electron chi connectivity index (χ1n) is 8.15. The molecule has 0 N–H and O–H groups in total. The van der Waals surface area contributed by atoms with Gasteiger partial charge in [-0.3, -0.25) is 0 Å². The Bertz CT molecular complexity index is 856. The van der Waals surface area contributed by atoms with E-state index in [1.54, 1.807) is 23.7 Å². The topological polar surface area (TPSA) is 70.4 Å². The van der Waals surface area contributed by atoms with E-state index in [-0.39, 0.29) is 10.8 Å². The van der Waals surface area contributed by atoms with Crippen molar-refractivity contribution < 1.29 is 17.7 Å². The SMILES string of the molecule is Cn1cnc(S(=O)(=O)Cc2ccc(B3OC(C)(C)C(C)(C)O3)cc2)c1. The molecule has 1 aliphatic rings. The van der Waals surface area contributed by atoms with E-state index in [4.69, 9.17) is 9.31 Å². The van der Waals surface area contributed by atoms with Crippen molar-refractivity contribution in [1.29, 1.82) is 0 Å². The average molecular weight is 362 g/mol. The number of aromatic nitrogens is 2. The fourth-order valence-corrected chi connectivity index (χ4v) is 3.91. The van der Waals surface area contributed by atoms with Crippen LogP contribution in [0.3, 0.4) is 0 Å². The Balaban J connectivity index is 1.75. The maximum absolute atomic E-state index is 12.4. The molecule has 0 unspecified atom stereocenters. The molecular formula is C17H23BN2O4S. The van der Waals surface area contributed by atoms with Crippen LogP contribution in [0.25, 0.3) is 0 Å². The van der Waals surface area contributed by atoms with E-state index in [2.05, 4.69) is 4.98 Å². The lowest BCUT2D eigenvalue weighted by Gasteiger charge is -2.32. The zero-order valence-electron chi connectivity index (χ0n) is 15.2. The van der Waals surface area contributed by atoms with Gasteiger partial charge in [-0.05, 0) is 38.7 Å². The quantitative estimate of drug-likeness (QED) is 0.775. The van der Waals surface area contributed by atoms with Gasteiger partial charge in [-0.15, -0.1) is 0 Å². The van der Waals surface area contributed by atoms with Crippen LogP contribution in [0, 0.1) is 0 Å². The van der Waals surface area contributed by atoms with Crippen LogP contribution in [0.4, 0.5) is 0 Å². The normalized spacial score (nSPS) is 19.3. The van der Waals surface area contributed by atoms with Crippen molar-refractivity contribution in [2.45, 2.75) is 49.7 Å². The molecule has 0 bridgehead atoms. The van der Waals surface area contributed by atoms with Crippen molar-refractivity contribution in [2.24, 2.45) is 7.05 Å². The minimum atomic E-state index is -3.46. The number of hydrogen-bond donors (Lipinski definition) is 0. The molecule has 134 valence electrons. The van der Waals surface area contributed by atoms with Gasteiger partial charge in [0.15, 0.2) is 5.03 Å². The third-order valence-electron chi connectivity index (χ3n) is 4.86. The van der Waals surface area contributed by atoms with Crippen molar-refractivity contribution >= 4 is 22.4 Å². The molecule has 1 fully saturated rings. The Morgan fingerprint density at radius 3 is 2.12 bits per heavy atom. The molecular weight excluding hydrogens is 339 g/mol. The Labute approximate surface area is 149 Å². The summed E-state index contributed by atoms with van der Waals surface area (Å²) in [6.07, 6.45) is 2.99. The number of rotatable bonds is 4. The highest BCUT2D eigenvalue weighted by Gasteiger charge is 2.51. The first kappa shape index (κ1) is 18.2. The number of nitrogens with zero attached hydrogens (tertiary/aromatic N) is 2. The second-order valence-corrected chi connectivity index (χ2v) is 9.40. The van der Waals surface area contributed by atoms with E-state index in [0.29, 0.717) is 5.56 Å². The number of imidazole rings is 1. The van der Waals surface area contributed by atoms with Crippen molar-refractivity contribution in [3.63, 3.8) is 0 Å². The molecule has 0 amide bonds. The van der Waals surface area contributed by atoms with Gasteiger partial charge in [-0.25, -0.2) is 13.4 Å². The molecule has 0 spiro atoms. The van der Waals surface area contributed by atoms with Crippen molar-refractivity contribution in [2.75, 3.05) is 0 Å². The lowest BCUT2D eigenvalue weighted by molar-refractivity contribution is 0.00578. The van der Waals surface area contributed by atoms with Gasteiger partial charge in [0.25, 0.3) is 0 Å². The summed E-state index contributed by atoms with van der Waals surface area (Å²) in [6, 6.07) is 7.29. The molecule has 2 aromatic rings. The molecule has 1 saturated heterocycles. The Morgan fingerprint density at radius 1 is 1.08 bits per heavy atom. The van der Waals surface area contributed by atoms with Gasteiger partial charge in [0.1, 0.15) is 0 Å². The maximum Gasteiger partial charge on any atom is 0.494 e. The van der Waals surface area contributed by atoms with Crippen LogP contribution in [-0.4, -0.2) is 36.3 Å².